The van der Waals surface area contributed by atoms with Crippen molar-refractivity contribution >= 4 is 11.6 Å². The minimum absolute atomic E-state index is 0.138. The molecule has 0 aromatic heterocycles. The first-order valence-corrected chi connectivity index (χ1v) is 7.91. The Morgan fingerprint density at radius 3 is 2.22 bits per heavy atom. The number of benzene rings is 2. The van der Waals surface area contributed by atoms with Crippen LogP contribution in [0.15, 0.2) is 30.3 Å². The molecule has 2 aromatic carbocycles. The highest BCUT2D eigenvalue weighted by Gasteiger charge is 2.18. The van der Waals surface area contributed by atoms with Crippen LogP contribution in [0.3, 0.4) is 0 Å². The molecule has 0 saturated heterocycles. The first kappa shape index (κ1) is 17.1. The van der Waals surface area contributed by atoms with Crippen molar-refractivity contribution in [1.29, 1.82) is 0 Å². The zero-order valence-corrected chi connectivity index (χ0v) is 14.8. The number of carbonyl (C=O) groups is 1. The van der Waals surface area contributed by atoms with Crippen LogP contribution in [0.5, 0.6) is 5.75 Å². The smallest absolute Gasteiger partial charge is 0.265 e. The topological polar surface area (TPSA) is 38.3 Å². The minimum Gasteiger partial charge on any atom is -0.481 e. The summed E-state index contributed by atoms with van der Waals surface area (Å²) in [6.07, 6.45) is -0.560. The van der Waals surface area contributed by atoms with Crippen molar-refractivity contribution in [3.05, 3.63) is 58.1 Å². The van der Waals surface area contributed by atoms with Gasteiger partial charge in [-0.15, -0.1) is 0 Å². The van der Waals surface area contributed by atoms with Crippen LogP contribution >= 0.6 is 0 Å². The molecular weight excluding hydrogens is 286 g/mol. The molecule has 1 atom stereocenters. The maximum absolute atomic E-state index is 12.5. The molecule has 0 radical (unpaired) electrons. The maximum atomic E-state index is 12.5. The SMILES string of the molecule is Cc1cc(C)c(NC(=O)[C@@H](C)Oc2cccc(C)c2C)c(C)c1. The molecule has 3 nitrogen and oxygen atoms in total. The van der Waals surface area contributed by atoms with Crippen molar-refractivity contribution in [3.8, 4) is 5.75 Å². The van der Waals surface area contributed by atoms with E-state index in [1.807, 2.05) is 45.9 Å². The van der Waals surface area contributed by atoms with Crippen molar-refractivity contribution in [2.24, 2.45) is 0 Å². The highest BCUT2D eigenvalue weighted by atomic mass is 16.5. The summed E-state index contributed by atoms with van der Waals surface area (Å²) in [5.41, 5.74) is 6.41. The molecule has 0 aliphatic heterocycles. The van der Waals surface area contributed by atoms with Gasteiger partial charge in [0.05, 0.1) is 0 Å². The van der Waals surface area contributed by atoms with Crippen molar-refractivity contribution in [2.75, 3.05) is 5.32 Å². The molecule has 0 fully saturated rings. The van der Waals surface area contributed by atoms with Gasteiger partial charge in [0.1, 0.15) is 5.75 Å². The van der Waals surface area contributed by atoms with Crippen LogP contribution in [0.2, 0.25) is 0 Å². The third-order valence-corrected chi connectivity index (χ3v) is 4.15. The lowest BCUT2D eigenvalue weighted by atomic mass is 10.0. The molecule has 3 heteroatoms. The van der Waals surface area contributed by atoms with Crippen LogP contribution in [-0.2, 0) is 4.79 Å². The van der Waals surface area contributed by atoms with Gasteiger partial charge < -0.3 is 10.1 Å². The Bertz CT molecular complexity index is 711. The molecule has 0 aliphatic rings. The maximum Gasteiger partial charge on any atom is 0.265 e. The third kappa shape index (κ3) is 3.92. The summed E-state index contributed by atoms with van der Waals surface area (Å²) in [5.74, 6) is 0.617. The van der Waals surface area contributed by atoms with Gasteiger partial charge in [-0.3, -0.25) is 4.79 Å². The number of amides is 1. The summed E-state index contributed by atoms with van der Waals surface area (Å²) in [7, 11) is 0. The number of nitrogens with one attached hydrogen (secondary N) is 1. The predicted molar refractivity (Wildman–Crippen MR) is 95.3 cm³/mol. The quantitative estimate of drug-likeness (QED) is 0.893. The zero-order valence-electron chi connectivity index (χ0n) is 14.8. The fourth-order valence-corrected chi connectivity index (χ4v) is 2.70. The number of aryl methyl sites for hydroxylation is 4. The Balaban J connectivity index is 2.13. The Morgan fingerprint density at radius 2 is 1.61 bits per heavy atom. The Kier molecular flexibility index (Phi) is 5.09. The summed E-state index contributed by atoms with van der Waals surface area (Å²) in [4.78, 5) is 12.5. The summed E-state index contributed by atoms with van der Waals surface area (Å²) < 4.78 is 5.85. The average Bonchev–Trinajstić information content (AvgIpc) is 2.47. The van der Waals surface area contributed by atoms with Crippen LogP contribution in [0.25, 0.3) is 0 Å². The van der Waals surface area contributed by atoms with Gasteiger partial charge in [0.15, 0.2) is 6.10 Å². The van der Waals surface area contributed by atoms with E-state index in [0.29, 0.717) is 0 Å². The first-order chi connectivity index (χ1) is 10.8. The Labute approximate surface area is 138 Å². The normalized spacial score (nSPS) is 11.9. The highest BCUT2D eigenvalue weighted by molar-refractivity contribution is 5.95. The molecule has 0 unspecified atom stereocenters. The van der Waals surface area contributed by atoms with Gasteiger partial charge >= 0.3 is 0 Å². The summed E-state index contributed by atoms with van der Waals surface area (Å²) in [5, 5.41) is 3.00. The van der Waals surface area contributed by atoms with Gasteiger partial charge in [0, 0.05) is 5.69 Å². The van der Waals surface area contributed by atoms with Crippen LogP contribution in [-0.4, -0.2) is 12.0 Å². The van der Waals surface area contributed by atoms with E-state index in [1.165, 1.54) is 5.56 Å². The van der Waals surface area contributed by atoms with Crippen LogP contribution < -0.4 is 10.1 Å². The molecule has 0 bridgehead atoms. The third-order valence-electron chi connectivity index (χ3n) is 4.15. The van der Waals surface area contributed by atoms with Gasteiger partial charge in [0.25, 0.3) is 5.91 Å². The van der Waals surface area contributed by atoms with Crippen molar-refractivity contribution < 1.29 is 9.53 Å². The molecule has 0 heterocycles. The van der Waals surface area contributed by atoms with Gasteiger partial charge in [-0.25, -0.2) is 0 Å². The van der Waals surface area contributed by atoms with Gasteiger partial charge in [-0.1, -0.05) is 29.8 Å². The molecule has 23 heavy (non-hydrogen) atoms. The van der Waals surface area contributed by atoms with Gasteiger partial charge in [-0.05, 0) is 69.9 Å². The lowest BCUT2D eigenvalue weighted by Crippen LogP contribution is -2.31. The molecule has 2 rings (SSSR count). The van der Waals surface area contributed by atoms with Crippen LogP contribution in [0.1, 0.15) is 34.7 Å². The molecule has 0 saturated carbocycles. The molecule has 0 spiro atoms. The minimum atomic E-state index is -0.560. The Morgan fingerprint density at radius 1 is 1.00 bits per heavy atom. The predicted octanol–water partition coefficient (Wildman–Crippen LogP) is 4.63. The van der Waals surface area contributed by atoms with E-state index in [1.54, 1.807) is 6.92 Å². The number of ether oxygens (including phenoxy) is 1. The molecule has 2 aromatic rings. The van der Waals surface area contributed by atoms with Crippen molar-refractivity contribution in [1.82, 2.24) is 0 Å². The lowest BCUT2D eigenvalue weighted by molar-refractivity contribution is -0.122. The standard InChI is InChI=1S/C20H25NO2/c1-12-10-14(3)19(15(4)11-12)21-20(22)17(6)23-18-9-7-8-13(2)16(18)5/h7-11,17H,1-6H3,(H,21,22)/t17-/m1/s1. The molecular formula is C20H25NO2. The number of anilines is 1. The molecule has 122 valence electrons. The summed E-state index contributed by atoms with van der Waals surface area (Å²) >= 11 is 0. The van der Waals surface area contributed by atoms with E-state index in [4.69, 9.17) is 4.74 Å². The second kappa shape index (κ2) is 6.86. The molecule has 0 aliphatic carbocycles. The van der Waals surface area contributed by atoms with Crippen molar-refractivity contribution in [3.63, 3.8) is 0 Å². The molecule has 1 amide bonds. The van der Waals surface area contributed by atoms with Gasteiger partial charge in [0.2, 0.25) is 0 Å². The largest absolute Gasteiger partial charge is 0.481 e. The first-order valence-electron chi connectivity index (χ1n) is 7.91. The second-order valence-electron chi connectivity index (χ2n) is 6.22. The van der Waals surface area contributed by atoms with E-state index in [0.717, 1.165) is 33.7 Å². The highest BCUT2D eigenvalue weighted by Crippen LogP contribution is 2.24. The van der Waals surface area contributed by atoms with E-state index in [-0.39, 0.29) is 5.91 Å². The number of hydrogen-bond donors (Lipinski definition) is 1. The van der Waals surface area contributed by atoms with E-state index in [2.05, 4.69) is 24.4 Å². The second-order valence-corrected chi connectivity index (χ2v) is 6.22. The van der Waals surface area contributed by atoms with Crippen molar-refractivity contribution in [2.45, 2.75) is 47.6 Å². The lowest BCUT2D eigenvalue weighted by Gasteiger charge is -2.19. The average molecular weight is 311 g/mol. The summed E-state index contributed by atoms with van der Waals surface area (Å²) in [6, 6.07) is 10.0. The number of rotatable bonds is 4. The van der Waals surface area contributed by atoms with E-state index in [9.17, 15) is 4.79 Å². The number of carbonyl (C=O) groups excluding carboxylic acids is 1. The van der Waals surface area contributed by atoms with E-state index < -0.39 is 6.10 Å². The summed E-state index contributed by atoms with van der Waals surface area (Å²) in [6.45, 7) is 11.9. The van der Waals surface area contributed by atoms with Crippen LogP contribution in [0, 0.1) is 34.6 Å². The van der Waals surface area contributed by atoms with Crippen LogP contribution in [0.4, 0.5) is 5.69 Å². The molecule has 1 N–H and O–H groups in total. The monoisotopic (exact) mass is 311 g/mol. The van der Waals surface area contributed by atoms with E-state index >= 15 is 0 Å². The fourth-order valence-electron chi connectivity index (χ4n) is 2.70. The van der Waals surface area contributed by atoms with Gasteiger partial charge in [-0.2, -0.15) is 0 Å². The Hall–Kier alpha value is -2.29. The zero-order chi connectivity index (χ0) is 17.1. The number of hydrogen-bond acceptors (Lipinski definition) is 2. The fraction of sp³-hybridized carbons (Fsp3) is 0.350.